The van der Waals surface area contributed by atoms with E-state index in [4.69, 9.17) is 4.74 Å². The Balaban J connectivity index is 1.95. The van der Waals surface area contributed by atoms with E-state index >= 15 is 0 Å². The second-order valence-corrected chi connectivity index (χ2v) is 7.99. The van der Waals surface area contributed by atoms with Gasteiger partial charge in [0, 0.05) is 13.0 Å². The van der Waals surface area contributed by atoms with Crippen molar-refractivity contribution in [3.8, 4) is 0 Å². The third-order valence-electron chi connectivity index (χ3n) is 5.06. The first-order valence-electron chi connectivity index (χ1n) is 9.27. The summed E-state index contributed by atoms with van der Waals surface area (Å²) >= 11 is 0. The number of rotatable bonds is 8. The average molecular weight is 321 g/mol. The Bertz CT molecular complexity index is 444. The molecule has 3 heteroatoms. The van der Waals surface area contributed by atoms with Crippen LogP contribution in [0.4, 0.5) is 0 Å². The normalized spacial score (nSPS) is 22.2. The van der Waals surface area contributed by atoms with Crippen molar-refractivity contribution in [2.75, 3.05) is 40.3 Å². The molecule has 0 bridgehead atoms. The minimum absolute atomic E-state index is 0.0357. The highest BCUT2D eigenvalue weighted by molar-refractivity contribution is 5.20. The van der Waals surface area contributed by atoms with Crippen LogP contribution in [0, 0.1) is 5.92 Å². The van der Waals surface area contributed by atoms with Gasteiger partial charge < -0.3 is 15.0 Å². The van der Waals surface area contributed by atoms with E-state index in [0.717, 1.165) is 12.5 Å². The lowest BCUT2D eigenvalue weighted by atomic mass is 9.75. The third-order valence-corrected chi connectivity index (χ3v) is 5.06. The van der Waals surface area contributed by atoms with Gasteiger partial charge in [0.15, 0.2) is 0 Å². The van der Waals surface area contributed by atoms with Crippen molar-refractivity contribution in [2.45, 2.75) is 44.6 Å². The van der Waals surface area contributed by atoms with Gasteiger partial charge >= 0.3 is 0 Å². The molecular weight excluding hydrogens is 284 g/mol. The fourth-order valence-electron chi connectivity index (χ4n) is 3.83. The summed E-state index contributed by atoms with van der Waals surface area (Å²) in [5, 5.41) is 2.49. The van der Waals surface area contributed by atoms with Crippen LogP contribution in [0.25, 0.3) is 0 Å². The highest BCUT2D eigenvalue weighted by Crippen LogP contribution is 2.39. The Labute approximate surface area is 142 Å². The van der Waals surface area contributed by atoms with Crippen molar-refractivity contribution >= 4 is 0 Å². The minimum atomic E-state index is 0.0357. The number of hydrogen-bond acceptors (Lipinski definition) is 1. The highest BCUT2D eigenvalue weighted by atomic mass is 16.5. The third kappa shape index (κ3) is 6.25. The van der Waals surface area contributed by atoms with Crippen LogP contribution in [0.15, 0.2) is 30.3 Å². The molecule has 0 saturated carbocycles. The molecule has 23 heavy (non-hydrogen) atoms. The molecule has 1 fully saturated rings. The summed E-state index contributed by atoms with van der Waals surface area (Å²) in [4.78, 5) is 1.53. The minimum Gasteiger partial charge on any atom is -0.376 e. The lowest BCUT2D eigenvalue weighted by Gasteiger charge is -2.39. The fraction of sp³-hybridized carbons (Fsp3) is 0.700. The van der Waals surface area contributed by atoms with E-state index in [-0.39, 0.29) is 5.60 Å². The topological polar surface area (TPSA) is 30.3 Å². The zero-order valence-electron chi connectivity index (χ0n) is 15.5. The Morgan fingerprint density at radius 3 is 2.61 bits per heavy atom. The number of ether oxygens (including phenoxy) is 1. The number of likely N-dealkylation sites (N-methyl/N-ethyl adjacent to an activating group) is 1. The Hall–Kier alpha value is -0.900. The Morgan fingerprint density at radius 1 is 1.22 bits per heavy atom. The second-order valence-electron chi connectivity index (χ2n) is 7.99. The molecule has 1 aromatic rings. The lowest BCUT2D eigenvalue weighted by Crippen LogP contribution is -3.09. The van der Waals surface area contributed by atoms with E-state index < -0.39 is 0 Å². The fourth-order valence-corrected chi connectivity index (χ4v) is 3.83. The van der Waals surface area contributed by atoms with E-state index in [1.807, 2.05) is 0 Å². The van der Waals surface area contributed by atoms with Gasteiger partial charge in [0.05, 0.1) is 26.2 Å². The first kappa shape index (κ1) is 18.4. The molecule has 130 valence electrons. The molecule has 0 aromatic heterocycles. The SMILES string of the molecule is C[NH+](C)CC[NH2+]CC[C@H](c1ccccc1)[C@H]1CCOC(C)(C)C1. The van der Waals surface area contributed by atoms with E-state index in [1.54, 1.807) is 0 Å². The molecule has 0 aliphatic carbocycles. The smallest absolute Gasteiger partial charge is 0.126 e. The van der Waals surface area contributed by atoms with Crippen LogP contribution in [0.2, 0.25) is 0 Å². The van der Waals surface area contributed by atoms with Crippen molar-refractivity contribution < 1.29 is 15.0 Å². The number of quaternary nitrogens is 2. The van der Waals surface area contributed by atoms with Gasteiger partial charge in [-0.3, -0.25) is 0 Å². The van der Waals surface area contributed by atoms with Crippen molar-refractivity contribution in [1.82, 2.24) is 0 Å². The molecule has 3 nitrogen and oxygen atoms in total. The van der Waals surface area contributed by atoms with Crippen molar-refractivity contribution in [3.05, 3.63) is 35.9 Å². The number of benzene rings is 1. The van der Waals surface area contributed by atoms with Crippen molar-refractivity contribution in [3.63, 3.8) is 0 Å². The van der Waals surface area contributed by atoms with Gasteiger partial charge in [0.1, 0.15) is 13.1 Å². The maximum atomic E-state index is 5.94. The van der Waals surface area contributed by atoms with E-state index in [0.29, 0.717) is 5.92 Å². The van der Waals surface area contributed by atoms with Gasteiger partial charge in [0.2, 0.25) is 0 Å². The van der Waals surface area contributed by atoms with Gasteiger partial charge in [-0.25, -0.2) is 0 Å². The Kier molecular flexibility index (Phi) is 7.07. The van der Waals surface area contributed by atoms with Gasteiger partial charge in [-0.2, -0.15) is 0 Å². The molecule has 1 heterocycles. The van der Waals surface area contributed by atoms with Crippen LogP contribution < -0.4 is 10.2 Å². The van der Waals surface area contributed by atoms with Crippen LogP contribution in [0.1, 0.15) is 44.6 Å². The second kappa shape index (κ2) is 8.81. The summed E-state index contributed by atoms with van der Waals surface area (Å²) in [6.07, 6.45) is 3.65. The van der Waals surface area contributed by atoms with Crippen LogP contribution in [0.3, 0.4) is 0 Å². The number of nitrogens with one attached hydrogen (secondary N) is 1. The van der Waals surface area contributed by atoms with Gasteiger partial charge in [0.25, 0.3) is 0 Å². The Morgan fingerprint density at radius 2 is 1.96 bits per heavy atom. The number of hydrogen-bond donors (Lipinski definition) is 2. The first-order valence-corrected chi connectivity index (χ1v) is 9.27. The summed E-state index contributed by atoms with van der Waals surface area (Å²) in [6.45, 7) is 9.09. The summed E-state index contributed by atoms with van der Waals surface area (Å²) in [5.41, 5.74) is 1.55. The van der Waals surface area contributed by atoms with Gasteiger partial charge in [-0.15, -0.1) is 0 Å². The summed E-state index contributed by atoms with van der Waals surface area (Å²) in [7, 11) is 4.45. The van der Waals surface area contributed by atoms with Gasteiger partial charge in [-0.05, 0) is 44.1 Å². The molecule has 1 aliphatic rings. The maximum Gasteiger partial charge on any atom is 0.126 e. The van der Waals surface area contributed by atoms with Crippen LogP contribution in [0.5, 0.6) is 0 Å². The van der Waals surface area contributed by atoms with Crippen molar-refractivity contribution in [2.24, 2.45) is 5.92 Å². The molecule has 0 spiro atoms. The highest BCUT2D eigenvalue weighted by Gasteiger charge is 2.34. The molecule has 2 rings (SSSR count). The molecule has 1 saturated heterocycles. The van der Waals surface area contributed by atoms with Crippen LogP contribution in [-0.4, -0.2) is 45.9 Å². The zero-order valence-corrected chi connectivity index (χ0v) is 15.5. The van der Waals surface area contributed by atoms with Gasteiger partial charge in [-0.1, -0.05) is 30.3 Å². The monoisotopic (exact) mass is 320 g/mol. The number of nitrogens with two attached hydrogens (primary N) is 1. The summed E-state index contributed by atoms with van der Waals surface area (Å²) in [5.74, 6) is 1.41. The van der Waals surface area contributed by atoms with Crippen LogP contribution >= 0.6 is 0 Å². The van der Waals surface area contributed by atoms with E-state index in [2.05, 4.69) is 63.6 Å². The summed E-state index contributed by atoms with van der Waals surface area (Å²) in [6, 6.07) is 11.1. The summed E-state index contributed by atoms with van der Waals surface area (Å²) < 4.78 is 5.94. The lowest BCUT2D eigenvalue weighted by molar-refractivity contribution is -0.874. The standard InChI is InChI=1S/C20H34N2O/c1-20(2)16-18(11-15-23-20)19(17-8-6-5-7-9-17)10-12-21-13-14-22(3)4/h5-9,18-19,21H,10-16H2,1-4H3/p+2/t18-,19+/m0/s1. The molecule has 0 amide bonds. The predicted octanol–water partition coefficient (Wildman–Crippen LogP) is 1.07. The molecular formula is C20H36N2O+2. The molecule has 0 radical (unpaired) electrons. The van der Waals surface area contributed by atoms with Crippen molar-refractivity contribution in [1.29, 1.82) is 0 Å². The van der Waals surface area contributed by atoms with E-state index in [9.17, 15) is 0 Å². The molecule has 3 N–H and O–H groups in total. The van der Waals surface area contributed by atoms with E-state index in [1.165, 1.54) is 49.4 Å². The molecule has 2 atom stereocenters. The zero-order chi connectivity index (χ0) is 16.7. The molecule has 0 unspecified atom stereocenters. The largest absolute Gasteiger partial charge is 0.376 e. The average Bonchev–Trinajstić information content (AvgIpc) is 2.50. The molecule has 1 aromatic carbocycles. The predicted molar refractivity (Wildman–Crippen MR) is 95.9 cm³/mol. The first-order chi connectivity index (χ1) is 11.0. The quantitative estimate of drug-likeness (QED) is 0.690. The van der Waals surface area contributed by atoms with Crippen LogP contribution in [-0.2, 0) is 4.74 Å². The maximum absolute atomic E-state index is 5.94. The molecule has 1 aliphatic heterocycles.